The van der Waals surface area contributed by atoms with Gasteiger partial charge in [-0.1, -0.05) is 0 Å². The Morgan fingerprint density at radius 2 is 2.15 bits per heavy atom. The molecule has 1 aromatic rings. The first kappa shape index (κ1) is 16.7. The number of amides is 1. The lowest BCUT2D eigenvalue weighted by atomic mass is 10.1. The minimum absolute atomic E-state index is 0. The summed E-state index contributed by atoms with van der Waals surface area (Å²) in [5.74, 6) is 0.272. The smallest absolute Gasteiger partial charge is 0.246 e. The van der Waals surface area contributed by atoms with Gasteiger partial charge in [0.2, 0.25) is 5.91 Å². The highest BCUT2D eigenvalue weighted by molar-refractivity contribution is 14.0. The first-order valence-corrected chi connectivity index (χ1v) is 6.50. The Balaban J connectivity index is 0.00000200. The quantitative estimate of drug-likeness (QED) is 0.466. The van der Waals surface area contributed by atoms with E-state index in [1.807, 2.05) is 4.90 Å². The topological polar surface area (TPSA) is 83.6 Å². The molecule has 0 aromatic carbocycles. The van der Waals surface area contributed by atoms with Crippen LogP contribution in [0.2, 0.25) is 0 Å². The molecule has 1 aromatic heterocycles. The van der Waals surface area contributed by atoms with Crippen molar-refractivity contribution in [2.45, 2.75) is 19.3 Å². The number of nitrogens with zero attached hydrogens (tertiary/aromatic N) is 3. The summed E-state index contributed by atoms with van der Waals surface area (Å²) in [7, 11) is 0. The number of hydrogen-bond acceptors (Lipinski definition) is 3. The molecule has 1 saturated heterocycles. The Hall–Kier alpha value is -1.38. The van der Waals surface area contributed by atoms with Gasteiger partial charge in [-0.05, 0) is 31.4 Å². The number of carbonyl (C=O) groups is 1. The molecule has 2 heterocycles. The Bertz CT molecular complexity index is 445. The number of guanidine groups is 1. The number of rotatable bonds is 3. The molecular formula is C13H20IN5O. The van der Waals surface area contributed by atoms with Crippen molar-refractivity contribution < 1.29 is 4.79 Å². The van der Waals surface area contributed by atoms with Crippen LogP contribution in [-0.2, 0) is 4.79 Å². The van der Waals surface area contributed by atoms with Crippen molar-refractivity contribution in [1.82, 2.24) is 9.88 Å². The highest BCUT2D eigenvalue weighted by atomic mass is 127. The third kappa shape index (κ3) is 5.32. The number of pyridine rings is 1. The van der Waals surface area contributed by atoms with E-state index in [0.717, 1.165) is 25.9 Å². The predicted octanol–water partition coefficient (Wildman–Crippen LogP) is 1.44. The summed E-state index contributed by atoms with van der Waals surface area (Å²) in [5, 5.41) is 2.72. The summed E-state index contributed by atoms with van der Waals surface area (Å²) in [5.41, 5.74) is 6.54. The largest absolute Gasteiger partial charge is 0.370 e. The van der Waals surface area contributed by atoms with Crippen LogP contribution in [-0.4, -0.2) is 41.4 Å². The Morgan fingerprint density at radius 3 is 2.80 bits per heavy atom. The van der Waals surface area contributed by atoms with Crippen LogP contribution in [0, 0.1) is 0 Å². The average Bonchev–Trinajstić information content (AvgIpc) is 2.47. The molecule has 1 amide bonds. The van der Waals surface area contributed by atoms with Crippen LogP contribution >= 0.6 is 24.0 Å². The highest BCUT2D eigenvalue weighted by Crippen LogP contribution is 2.08. The highest BCUT2D eigenvalue weighted by Gasteiger charge is 2.12. The Morgan fingerprint density at radius 1 is 1.40 bits per heavy atom. The number of nitrogens with two attached hydrogens (primary N) is 1. The van der Waals surface area contributed by atoms with Gasteiger partial charge in [0.15, 0.2) is 5.96 Å². The maximum atomic E-state index is 11.7. The zero-order chi connectivity index (χ0) is 13.5. The summed E-state index contributed by atoms with van der Waals surface area (Å²) in [6.45, 7) is 1.90. The van der Waals surface area contributed by atoms with Gasteiger partial charge < -0.3 is 16.0 Å². The number of nitrogens with one attached hydrogen (secondary N) is 1. The minimum Gasteiger partial charge on any atom is -0.370 e. The fraction of sp³-hybridized carbons (Fsp3) is 0.462. The summed E-state index contributed by atoms with van der Waals surface area (Å²) < 4.78 is 0. The minimum atomic E-state index is -0.187. The summed E-state index contributed by atoms with van der Waals surface area (Å²) in [4.78, 5) is 21.8. The number of piperidine rings is 1. The van der Waals surface area contributed by atoms with Gasteiger partial charge in [0, 0.05) is 19.3 Å². The first-order valence-electron chi connectivity index (χ1n) is 6.50. The fourth-order valence-electron chi connectivity index (χ4n) is 2.01. The lowest BCUT2D eigenvalue weighted by Gasteiger charge is -2.27. The molecule has 6 nitrogen and oxygen atoms in total. The van der Waals surface area contributed by atoms with E-state index in [2.05, 4.69) is 15.3 Å². The van der Waals surface area contributed by atoms with E-state index in [0.29, 0.717) is 11.6 Å². The molecule has 20 heavy (non-hydrogen) atoms. The van der Waals surface area contributed by atoms with E-state index in [9.17, 15) is 4.79 Å². The molecule has 1 aliphatic heterocycles. The third-order valence-electron chi connectivity index (χ3n) is 3.01. The van der Waals surface area contributed by atoms with Crippen LogP contribution in [0.4, 0.5) is 5.69 Å². The van der Waals surface area contributed by atoms with Gasteiger partial charge in [-0.3, -0.25) is 9.78 Å². The summed E-state index contributed by atoms with van der Waals surface area (Å²) >= 11 is 0. The van der Waals surface area contributed by atoms with E-state index in [4.69, 9.17) is 5.73 Å². The van der Waals surface area contributed by atoms with Gasteiger partial charge in [0.25, 0.3) is 0 Å². The van der Waals surface area contributed by atoms with Crippen molar-refractivity contribution >= 4 is 41.5 Å². The fourth-order valence-corrected chi connectivity index (χ4v) is 2.01. The molecule has 0 radical (unpaired) electrons. The van der Waals surface area contributed by atoms with Gasteiger partial charge in [-0.2, -0.15) is 0 Å². The lowest BCUT2D eigenvalue weighted by molar-refractivity contribution is -0.114. The van der Waals surface area contributed by atoms with Gasteiger partial charge in [0.05, 0.1) is 11.9 Å². The SMILES string of the molecule is I.NC(=NCC(=O)Nc1cccnc1)N1CCCCC1. The number of aromatic nitrogens is 1. The second-order valence-electron chi connectivity index (χ2n) is 4.51. The molecule has 3 N–H and O–H groups in total. The standard InChI is InChI=1S/C13H19N5O.HI/c14-13(18-7-2-1-3-8-18)16-10-12(19)17-11-5-4-6-15-9-11;/h4-6,9H,1-3,7-8,10H2,(H2,14,16)(H,17,19);1H. The van der Waals surface area contributed by atoms with Gasteiger partial charge >= 0.3 is 0 Å². The van der Waals surface area contributed by atoms with Crippen molar-refractivity contribution in [3.63, 3.8) is 0 Å². The molecule has 0 atom stereocenters. The maximum absolute atomic E-state index is 11.7. The van der Waals surface area contributed by atoms with Crippen molar-refractivity contribution in [1.29, 1.82) is 0 Å². The van der Waals surface area contributed by atoms with E-state index < -0.39 is 0 Å². The van der Waals surface area contributed by atoms with Crippen LogP contribution in [0.5, 0.6) is 0 Å². The van der Waals surface area contributed by atoms with Crippen molar-refractivity contribution in [2.24, 2.45) is 10.7 Å². The molecule has 0 unspecified atom stereocenters. The number of halogens is 1. The molecule has 0 bridgehead atoms. The van der Waals surface area contributed by atoms with Crippen molar-refractivity contribution in [2.75, 3.05) is 25.0 Å². The van der Waals surface area contributed by atoms with E-state index in [1.165, 1.54) is 6.42 Å². The predicted molar refractivity (Wildman–Crippen MR) is 90.2 cm³/mol. The monoisotopic (exact) mass is 389 g/mol. The second kappa shape index (κ2) is 8.72. The first-order chi connectivity index (χ1) is 9.25. The Kier molecular flexibility index (Phi) is 7.27. The molecular weight excluding hydrogens is 369 g/mol. The normalized spacial score (nSPS) is 15.4. The third-order valence-corrected chi connectivity index (χ3v) is 3.01. The zero-order valence-electron chi connectivity index (χ0n) is 11.3. The molecule has 0 spiro atoms. The molecule has 0 saturated carbocycles. The van der Waals surface area contributed by atoms with Crippen LogP contribution in [0.1, 0.15) is 19.3 Å². The van der Waals surface area contributed by atoms with Crippen LogP contribution in [0.15, 0.2) is 29.5 Å². The van der Waals surface area contributed by atoms with E-state index in [1.54, 1.807) is 24.5 Å². The zero-order valence-corrected chi connectivity index (χ0v) is 13.6. The lowest BCUT2D eigenvalue weighted by Crippen LogP contribution is -2.41. The van der Waals surface area contributed by atoms with E-state index in [-0.39, 0.29) is 36.4 Å². The molecule has 1 fully saturated rings. The molecule has 7 heteroatoms. The van der Waals surface area contributed by atoms with Gasteiger partial charge in [-0.25, -0.2) is 4.99 Å². The maximum Gasteiger partial charge on any atom is 0.246 e. The molecule has 110 valence electrons. The molecule has 0 aliphatic carbocycles. The summed E-state index contributed by atoms with van der Waals surface area (Å²) in [6, 6.07) is 3.55. The van der Waals surface area contributed by atoms with Crippen molar-refractivity contribution in [3.05, 3.63) is 24.5 Å². The van der Waals surface area contributed by atoms with Gasteiger partial charge in [0.1, 0.15) is 6.54 Å². The number of anilines is 1. The summed E-state index contributed by atoms with van der Waals surface area (Å²) in [6.07, 6.45) is 6.76. The number of carbonyl (C=O) groups excluding carboxylic acids is 1. The molecule has 1 aliphatic rings. The Labute approximate surface area is 135 Å². The molecule has 2 rings (SSSR count). The number of aliphatic imine (C=N–C) groups is 1. The van der Waals surface area contributed by atoms with Crippen molar-refractivity contribution in [3.8, 4) is 0 Å². The number of likely N-dealkylation sites (tertiary alicyclic amines) is 1. The van der Waals surface area contributed by atoms with E-state index >= 15 is 0 Å². The van der Waals surface area contributed by atoms with Gasteiger partial charge in [-0.15, -0.1) is 24.0 Å². The number of hydrogen-bond donors (Lipinski definition) is 2. The van der Waals surface area contributed by atoms with Crippen LogP contribution < -0.4 is 11.1 Å². The second-order valence-corrected chi connectivity index (χ2v) is 4.51. The van der Waals surface area contributed by atoms with Crippen LogP contribution in [0.3, 0.4) is 0 Å². The van der Waals surface area contributed by atoms with Crippen LogP contribution in [0.25, 0.3) is 0 Å². The average molecular weight is 389 g/mol.